The molecule has 46 heavy (non-hydrogen) atoms. The van der Waals surface area contributed by atoms with Crippen LogP contribution in [0.4, 0.5) is 11.4 Å². The van der Waals surface area contributed by atoms with Crippen molar-refractivity contribution in [3.8, 4) is 0 Å². The molecule has 3 heteroatoms. The Morgan fingerprint density at radius 3 is 2.24 bits per heavy atom. The molecule has 0 saturated heterocycles. The first-order valence-corrected chi connectivity index (χ1v) is 16.9. The second-order valence-corrected chi connectivity index (χ2v) is 13.2. The van der Waals surface area contributed by atoms with E-state index in [1.54, 1.807) is 0 Å². The number of anilines is 2. The van der Waals surface area contributed by atoms with Gasteiger partial charge in [0.15, 0.2) is 0 Å². The highest BCUT2D eigenvalue weighted by atomic mass is 15.2. The minimum Gasteiger partial charge on any atom is -0.384 e. The SMILES string of the molecule is c1ccc([C@H]2NCCc3ccc(N4CCc5ccc(C6CNc7ccc8ccccc8c7C6)cc5[C@@H]4c4ccccc4)cc32)cc1. The summed E-state index contributed by atoms with van der Waals surface area (Å²) in [6, 6.07) is 50.5. The number of fused-ring (bicyclic) bond motifs is 5. The lowest BCUT2D eigenvalue weighted by atomic mass is 9.81. The molecule has 3 atom stereocenters. The number of rotatable bonds is 4. The molecule has 0 amide bonds. The Hall–Kier alpha value is -4.86. The lowest BCUT2D eigenvalue weighted by Gasteiger charge is -2.41. The smallest absolute Gasteiger partial charge is 0.0798 e. The summed E-state index contributed by atoms with van der Waals surface area (Å²) in [5.41, 5.74) is 14.0. The molecule has 0 radical (unpaired) electrons. The molecule has 9 rings (SSSR count). The summed E-state index contributed by atoms with van der Waals surface area (Å²) in [6.07, 6.45) is 3.18. The van der Waals surface area contributed by atoms with Crippen LogP contribution in [-0.4, -0.2) is 19.6 Å². The normalized spacial score (nSPS) is 20.3. The maximum atomic E-state index is 3.82. The summed E-state index contributed by atoms with van der Waals surface area (Å²) in [6.45, 7) is 2.97. The highest BCUT2D eigenvalue weighted by Crippen LogP contribution is 2.43. The molecule has 3 heterocycles. The van der Waals surface area contributed by atoms with Crippen molar-refractivity contribution in [1.29, 1.82) is 0 Å². The van der Waals surface area contributed by atoms with Crippen molar-refractivity contribution >= 4 is 22.1 Å². The molecule has 226 valence electrons. The van der Waals surface area contributed by atoms with Crippen LogP contribution in [0.3, 0.4) is 0 Å². The molecule has 1 unspecified atom stereocenters. The predicted octanol–water partition coefficient (Wildman–Crippen LogP) is 8.98. The van der Waals surface area contributed by atoms with E-state index < -0.39 is 0 Å². The zero-order valence-electron chi connectivity index (χ0n) is 26.1. The van der Waals surface area contributed by atoms with Crippen LogP contribution in [0.25, 0.3) is 10.8 Å². The van der Waals surface area contributed by atoms with E-state index in [0.717, 1.165) is 38.9 Å². The van der Waals surface area contributed by atoms with Crippen molar-refractivity contribution in [1.82, 2.24) is 5.32 Å². The van der Waals surface area contributed by atoms with Crippen molar-refractivity contribution in [3.05, 3.63) is 178 Å². The van der Waals surface area contributed by atoms with Crippen molar-refractivity contribution < 1.29 is 0 Å². The fourth-order valence-electron chi connectivity index (χ4n) is 8.33. The average molecular weight is 598 g/mol. The molecule has 0 aromatic heterocycles. The van der Waals surface area contributed by atoms with Crippen LogP contribution in [-0.2, 0) is 19.3 Å². The first-order valence-electron chi connectivity index (χ1n) is 16.9. The number of nitrogens with zero attached hydrogens (tertiary/aromatic N) is 1. The molecule has 3 nitrogen and oxygen atoms in total. The lowest BCUT2D eigenvalue weighted by Crippen LogP contribution is -2.37. The van der Waals surface area contributed by atoms with E-state index in [9.17, 15) is 0 Å². The van der Waals surface area contributed by atoms with Gasteiger partial charge >= 0.3 is 0 Å². The van der Waals surface area contributed by atoms with Crippen LogP contribution >= 0.6 is 0 Å². The van der Waals surface area contributed by atoms with E-state index in [4.69, 9.17) is 0 Å². The lowest BCUT2D eigenvalue weighted by molar-refractivity contribution is 0.566. The third kappa shape index (κ3) is 4.78. The Morgan fingerprint density at radius 1 is 0.609 bits per heavy atom. The molecule has 6 aromatic carbocycles. The van der Waals surface area contributed by atoms with Crippen LogP contribution in [0, 0.1) is 0 Å². The Morgan fingerprint density at radius 2 is 1.37 bits per heavy atom. The van der Waals surface area contributed by atoms with E-state index in [0.29, 0.717) is 5.92 Å². The van der Waals surface area contributed by atoms with E-state index in [1.165, 1.54) is 66.7 Å². The molecule has 0 fully saturated rings. The maximum Gasteiger partial charge on any atom is 0.0798 e. The van der Waals surface area contributed by atoms with E-state index in [2.05, 4.69) is 149 Å². The van der Waals surface area contributed by atoms with Gasteiger partial charge in [0, 0.05) is 36.9 Å². The van der Waals surface area contributed by atoms with Gasteiger partial charge in [0.25, 0.3) is 0 Å². The average Bonchev–Trinajstić information content (AvgIpc) is 3.14. The monoisotopic (exact) mass is 597 g/mol. The van der Waals surface area contributed by atoms with Crippen molar-refractivity contribution in [2.45, 2.75) is 37.3 Å². The van der Waals surface area contributed by atoms with Gasteiger partial charge in [-0.15, -0.1) is 0 Å². The van der Waals surface area contributed by atoms with Gasteiger partial charge in [-0.25, -0.2) is 0 Å². The molecule has 0 aliphatic carbocycles. The molecule has 3 aliphatic heterocycles. The van der Waals surface area contributed by atoms with Crippen LogP contribution in [0.2, 0.25) is 0 Å². The summed E-state index contributed by atoms with van der Waals surface area (Å²) in [5, 5.41) is 10.3. The quantitative estimate of drug-likeness (QED) is 0.212. The van der Waals surface area contributed by atoms with Crippen LogP contribution in [0.1, 0.15) is 62.5 Å². The minimum absolute atomic E-state index is 0.166. The number of benzene rings is 6. The standard InChI is InChI=1S/C43H39N3/c1-3-10-32(11-4-1)42-38-27-36(19-17-30(38)21-23-44-42)46-24-22-31-15-16-34(25-39(31)43(46)33-12-5-2-6-13-33)35-26-40-37-14-8-7-9-29(37)18-20-41(40)45-28-35/h1-20,25,27,35,42-45H,21-24,26,28H2/t35?,42-,43+/m1/s1. The Bertz CT molecular complexity index is 2030. The molecular weight excluding hydrogens is 558 g/mol. The molecular formula is C43H39N3. The Labute approximate surface area is 271 Å². The summed E-state index contributed by atoms with van der Waals surface area (Å²) in [7, 11) is 0. The largest absolute Gasteiger partial charge is 0.384 e. The molecule has 2 N–H and O–H groups in total. The topological polar surface area (TPSA) is 27.3 Å². The van der Waals surface area contributed by atoms with Crippen molar-refractivity contribution in [3.63, 3.8) is 0 Å². The van der Waals surface area contributed by atoms with Gasteiger partial charge < -0.3 is 15.5 Å². The number of hydrogen-bond donors (Lipinski definition) is 2. The summed E-state index contributed by atoms with van der Waals surface area (Å²) >= 11 is 0. The molecule has 6 aromatic rings. The zero-order chi connectivity index (χ0) is 30.5. The van der Waals surface area contributed by atoms with Gasteiger partial charge in [-0.1, -0.05) is 115 Å². The van der Waals surface area contributed by atoms with Crippen LogP contribution in [0.15, 0.2) is 133 Å². The van der Waals surface area contributed by atoms with Crippen LogP contribution < -0.4 is 15.5 Å². The third-order valence-corrected chi connectivity index (χ3v) is 10.7. The van der Waals surface area contributed by atoms with Gasteiger partial charge in [0.05, 0.1) is 12.1 Å². The van der Waals surface area contributed by atoms with Gasteiger partial charge in [0.2, 0.25) is 0 Å². The molecule has 0 saturated carbocycles. The van der Waals surface area contributed by atoms with Gasteiger partial charge in [-0.3, -0.25) is 0 Å². The van der Waals surface area contributed by atoms with Crippen molar-refractivity contribution in [2.24, 2.45) is 0 Å². The molecule has 0 bridgehead atoms. The fourth-order valence-corrected chi connectivity index (χ4v) is 8.33. The highest BCUT2D eigenvalue weighted by molar-refractivity contribution is 5.90. The number of nitrogens with one attached hydrogen (secondary N) is 2. The number of hydrogen-bond acceptors (Lipinski definition) is 3. The second-order valence-electron chi connectivity index (χ2n) is 13.2. The first kappa shape index (κ1) is 27.5. The summed E-state index contributed by atoms with van der Waals surface area (Å²) < 4.78 is 0. The van der Waals surface area contributed by atoms with Crippen molar-refractivity contribution in [2.75, 3.05) is 29.9 Å². The minimum atomic E-state index is 0.166. The third-order valence-electron chi connectivity index (χ3n) is 10.7. The van der Waals surface area contributed by atoms with Gasteiger partial charge in [-0.05, 0) is 92.7 Å². The summed E-state index contributed by atoms with van der Waals surface area (Å²) in [5.74, 6) is 0.428. The highest BCUT2D eigenvalue weighted by Gasteiger charge is 2.32. The fraction of sp³-hybridized carbons (Fsp3) is 0.209. The Balaban J connectivity index is 1.11. The van der Waals surface area contributed by atoms with Gasteiger partial charge in [0.1, 0.15) is 0 Å². The zero-order valence-corrected chi connectivity index (χ0v) is 26.1. The maximum absolute atomic E-state index is 3.82. The van der Waals surface area contributed by atoms with E-state index >= 15 is 0 Å². The Kier molecular flexibility index (Phi) is 6.86. The summed E-state index contributed by atoms with van der Waals surface area (Å²) in [4.78, 5) is 2.67. The molecule has 3 aliphatic rings. The van der Waals surface area contributed by atoms with E-state index in [-0.39, 0.29) is 12.1 Å². The predicted molar refractivity (Wildman–Crippen MR) is 191 cm³/mol. The van der Waals surface area contributed by atoms with Crippen LogP contribution in [0.5, 0.6) is 0 Å². The van der Waals surface area contributed by atoms with E-state index in [1.807, 2.05) is 0 Å². The second kappa shape index (κ2) is 11.5. The van der Waals surface area contributed by atoms with Gasteiger partial charge in [-0.2, -0.15) is 0 Å². The first-order chi connectivity index (χ1) is 22.8. The molecule has 0 spiro atoms.